The quantitative estimate of drug-likeness (QED) is 0.743. The maximum absolute atomic E-state index is 12.9. The fourth-order valence-electron chi connectivity index (χ4n) is 3.04. The molecule has 1 aliphatic carbocycles. The van der Waals surface area contributed by atoms with Crippen LogP contribution in [0.1, 0.15) is 32.1 Å². The molecule has 0 aliphatic heterocycles. The minimum atomic E-state index is -0.239. The summed E-state index contributed by atoms with van der Waals surface area (Å²) in [5.41, 5.74) is 1.08. The molecule has 0 atom stereocenters. The second kappa shape index (κ2) is 7.18. The third-order valence-corrected chi connectivity index (χ3v) is 4.81. The second-order valence-electron chi connectivity index (χ2n) is 6.16. The van der Waals surface area contributed by atoms with Crippen LogP contribution >= 0.6 is 12.2 Å². The standard InChI is InChI=1S/C16H24FN3S/c1-20(2)16(10-4-3-5-11-16)12-18-15(21)19-14-8-6-13(17)7-9-14/h6-9H,3-5,10-12H2,1-2H3,(H2,18,19,21)/p+1. The van der Waals surface area contributed by atoms with Crippen LogP contribution in [0.25, 0.3) is 0 Å². The maximum Gasteiger partial charge on any atom is 0.171 e. The van der Waals surface area contributed by atoms with Crippen LogP contribution in [-0.4, -0.2) is 31.3 Å². The molecule has 3 N–H and O–H groups in total. The zero-order valence-electron chi connectivity index (χ0n) is 12.8. The van der Waals surface area contributed by atoms with E-state index in [9.17, 15) is 4.39 Å². The molecule has 0 saturated heterocycles. The fourth-order valence-corrected chi connectivity index (χ4v) is 3.23. The van der Waals surface area contributed by atoms with Gasteiger partial charge in [0.15, 0.2) is 5.11 Å². The maximum atomic E-state index is 12.9. The molecule has 0 unspecified atom stereocenters. The van der Waals surface area contributed by atoms with Crippen molar-refractivity contribution in [2.75, 3.05) is 26.0 Å². The van der Waals surface area contributed by atoms with Crippen LogP contribution in [0.3, 0.4) is 0 Å². The molecule has 0 heterocycles. The van der Waals surface area contributed by atoms with E-state index in [2.05, 4.69) is 24.7 Å². The Hall–Kier alpha value is -1.20. The number of anilines is 1. The molecule has 0 aromatic heterocycles. The van der Waals surface area contributed by atoms with E-state index >= 15 is 0 Å². The summed E-state index contributed by atoms with van der Waals surface area (Å²) < 4.78 is 12.9. The number of quaternary nitrogens is 1. The number of rotatable bonds is 4. The van der Waals surface area contributed by atoms with Gasteiger partial charge in [-0.1, -0.05) is 6.42 Å². The molecule has 0 amide bonds. The topological polar surface area (TPSA) is 28.5 Å². The molecule has 21 heavy (non-hydrogen) atoms. The van der Waals surface area contributed by atoms with Gasteiger partial charge >= 0.3 is 0 Å². The van der Waals surface area contributed by atoms with Gasteiger partial charge in [0.1, 0.15) is 11.4 Å². The highest BCUT2D eigenvalue weighted by molar-refractivity contribution is 7.80. The second-order valence-corrected chi connectivity index (χ2v) is 6.56. The number of hydrogen-bond acceptors (Lipinski definition) is 1. The van der Waals surface area contributed by atoms with Gasteiger partial charge < -0.3 is 15.5 Å². The number of nitrogens with one attached hydrogen (secondary N) is 3. The molecule has 116 valence electrons. The molecule has 5 heteroatoms. The molecule has 1 aliphatic rings. The Morgan fingerprint density at radius 3 is 2.38 bits per heavy atom. The van der Waals surface area contributed by atoms with Crippen molar-refractivity contribution < 1.29 is 9.29 Å². The first-order valence-corrected chi connectivity index (χ1v) is 8.04. The van der Waals surface area contributed by atoms with Crippen molar-refractivity contribution in [1.29, 1.82) is 0 Å². The summed E-state index contributed by atoms with van der Waals surface area (Å²) in [5.74, 6) is -0.239. The van der Waals surface area contributed by atoms with Gasteiger partial charge in [0.05, 0.1) is 20.6 Å². The Labute approximate surface area is 131 Å². The van der Waals surface area contributed by atoms with Gasteiger partial charge in [-0.15, -0.1) is 0 Å². The molecular weight excluding hydrogens is 285 g/mol. The average molecular weight is 310 g/mol. The summed E-state index contributed by atoms with van der Waals surface area (Å²) >= 11 is 5.35. The van der Waals surface area contributed by atoms with Gasteiger partial charge in [0, 0.05) is 18.5 Å². The van der Waals surface area contributed by atoms with Gasteiger partial charge in [0.2, 0.25) is 0 Å². The molecule has 0 radical (unpaired) electrons. The number of likely N-dealkylation sites (N-methyl/N-ethyl adjacent to an activating group) is 1. The van der Waals surface area contributed by atoms with Crippen LogP contribution in [-0.2, 0) is 0 Å². The first-order chi connectivity index (χ1) is 10.0. The Bertz CT molecular complexity index is 467. The lowest BCUT2D eigenvalue weighted by Crippen LogP contribution is -3.16. The van der Waals surface area contributed by atoms with Crippen molar-refractivity contribution >= 4 is 23.0 Å². The smallest absolute Gasteiger partial charge is 0.171 e. The Kier molecular flexibility index (Phi) is 5.53. The molecule has 0 spiro atoms. The number of thiocarbonyl (C=S) groups is 1. The SMILES string of the molecule is C[NH+](C)C1(CNC(=S)Nc2ccc(F)cc2)CCCCC1. The largest absolute Gasteiger partial charge is 0.356 e. The minimum Gasteiger partial charge on any atom is -0.356 e. The number of benzene rings is 1. The summed E-state index contributed by atoms with van der Waals surface area (Å²) in [6, 6.07) is 6.24. The van der Waals surface area contributed by atoms with Gasteiger partial charge in [-0.25, -0.2) is 4.39 Å². The van der Waals surface area contributed by atoms with E-state index in [1.54, 1.807) is 12.1 Å². The van der Waals surface area contributed by atoms with E-state index in [1.807, 2.05) is 0 Å². The summed E-state index contributed by atoms with van der Waals surface area (Å²) in [7, 11) is 4.45. The summed E-state index contributed by atoms with van der Waals surface area (Å²) in [4.78, 5) is 1.49. The highest BCUT2D eigenvalue weighted by Crippen LogP contribution is 2.24. The van der Waals surface area contributed by atoms with Crippen molar-refractivity contribution in [3.8, 4) is 0 Å². The van der Waals surface area contributed by atoms with E-state index in [0.29, 0.717) is 5.11 Å². The highest BCUT2D eigenvalue weighted by atomic mass is 32.1. The number of halogens is 1. The minimum absolute atomic E-state index is 0.239. The van der Waals surface area contributed by atoms with E-state index in [-0.39, 0.29) is 11.4 Å². The Morgan fingerprint density at radius 2 is 1.81 bits per heavy atom. The van der Waals surface area contributed by atoms with Crippen LogP contribution in [0.5, 0.6) is 0 Å². The Balaban J connectivity index is 1.88. The first-order valence-electron chi connectivity index (χ1n) is 7.63. The van der Waals surface area contributed by atoms with Gasteiger partial charge in [-0.2, -0.15) is 0 Å². The van der Waals surface area contributed by atoms with Crippen LogP contribution in [0.4, 0.5) is 10.1 Å². The van der Waals surface area contributed by atoms with Gasteiger partial charge in [-0.05, 0) is 49.3 Å². The zero-order valence-corrected chi connectivity index (χ0v) is 13.7. The van der Waals surface area contributed by atoms with Crippen molar-refractivity contribution in [3.63, 3.8) is 0 Å². The van der Waals surface area contributed by atoms with E-state index in [4.69, 9.17) is 12.2 Å². The molecule has 1 saturated carbocycles. The zero-order chi connectivity index (χ0) is 15.3. The summed E-state index contributed by atoms with van der Waals surface area (Å²) in [6.07, 6.45) is 6.41. The molecule has 2 rings (SSSR count). The summed E-state index contributed by atoms with van der Waals surface area (Å²) in [5, 5.41) is 7.06. The monoisotopic (exact) mass is 310 g/mol. The average Bonchev–Trinajstić information content (AvgIpc) is 2.48. The first kappa shape index (κ1) is 16.2. The van der Waals surface area contributed by atoms with E-state index < -0.39 is 0 Å². The number of hydrogen-bond donors (Lipinski definition) is 3. The molecule has 1 aromatic carbocycles. The van der Waals surface area contributed by atoms with Crippen molar-refractivity contribution in [1.82, 2.24) is 5.32 Å². The predicted octanol–water partition coefficient (Wildman–Crippen LogP) is 1.96. The molecule has 0 bridgehead atoms. The Morgan fingerprint density at radius 1 is 1.19 bits per heavy atom. The fraction of sp³-hybridized carbons (Fsp3) is 0.562. The van der Waals surface area contributed by atoms with Crippen LogP contribution in [0, 0.1) is 5.82 Å². The van der Waals surface area contributed by atoms with Crippen molar-refractivity contribution in [2.45, 2.75) is 37.6 Å². The molecule has 1 fully saturated rings. The third kappa shape index (κ3) is 4.38. The van der Waals surface area contributed by atoms with Crippen LogP contribution in [0.15, 0.2) is 24.3 Å². The predicted molar refractivity (Wildman–Crippen MR) is 89.3 cm³/mol. The van der Waals surface area contributed by atoms with Gasteiger partial charge in [-0.3, -0.25) is 0 Å². The normalized spacial score (nSPS) is 17.5. The molecule has 3 nitrogen and oxygen atoms in total. The summed E-state index contributed by atoms with van der Waals surface area (Å²) in [6.45, 7) is 0.877. The highest BCUT2D eigenvalue weighted by Gasteiger charge is 2.37. The molecule has 1 aromatic rings. The lowest BCUT2D eigenvalue weighted by Gasteiger charge is -2.40. The van der Waals surface area contributed by atoms with E-state index in [0.717, 1.165) is 12.2 Å². The van der Waals surface area contributed by atoms with Gasteiger partial charge in [0.25, 0.3) is 0 Å². The third-order valence-electron chi connectivity index (χ3n) is 4.56. The van der Waals surface area contributed by atoms with Crippen LogP contribution < -0.4 is 15.5 Å². The lowest BCUT2D eigenvalue weighted by molar-refractivity contribution is -0.916. The van der Waals surface area contributed by atoms with Crippen molar-refractivity contribution in [2.24, 2.45) is 0 Å². The molecular formula is C16H25FN3S+. The lowest BCUT2D eigenvalue weighted by atomic mass is 9.80. The van der Waals surface area contributed by atoms with Crippen LogP contribution in [0.2, 0.25) is 0 Å². The van der Waals surface area contributed by atoms with Crippen molar-refractivity contribution in [3.05, 3.63) is 30.1 Å². The van der Waals surface area contributed by atoms with E-state index in [1.165, 1.54) is 49.1 Å².